The van der Waals surface area contributed by atoms with E-state index in [2.05, 4.69) is 4.90 Å². The van der Waals surface area contributed by atoms with Crippen molar-refractivity contribution in [2.75, 3.05) is 13.1 Å². The van der Waals surface area contributed by atoms with Crippen LogP contribution in [0.15, 0.2) is 24.3 Å². The summed E-state index contributed by atoms with van der Waals surface area (Å²) in [6, 6.07) is 3.56. The maximum Gasteiger partial charge on any atom is 0.196 e. The van der Waals surface area contributed by atoms with Gasteiger partial charge in [-0.15, -0.1) is 0 Å². The zero-order valence-corrected chi connectivity index (χ0v) is 13.9. The predicted molar refractivity (Wildman–Crippen MR) is 89.7 cm³/mol. The van der Waals surface area contributed by atoms with Crippen molar-refractivity contribution in [2.24, 2.45) is 5.92 Å². The molecule has 1 spiro atoms. The third-order valence-corrected chi connectivity index (χ3v) is 7.17. The third-order valence-electron chi connectivity index (χ3n) is 7.17. The topological polar surface area (TPSA) is 70.0 Å². The van der Waals surface area contributed by atoms with E-state index in [1.165, 1.54) is 18.9 Å². The van der Waals surface area contributed by atoms with Gasteiger partial charge in [0, 0.05) is 18.2 Å². The van der Waals surface area contributed by atoms with Crippen LogP contribution in [0.5, 0.6) is 11.5 Å². The molecule has 0 aromatic heterocycles. The summed E-state index contributed by atoms with van der Waals surface area (Å²) in [6.45, 7) is 1.88. The van der Waals surface area contributed by atoms with Gasteiger partial charge in [0.05, 0.1) is 5.41 Å². The number of piperidine rings is 1. The van der Waals surface area contributed by atoms with Crippen molar-refractivity contribution in [1.82, 2.24) is 4.90 Å². The minimum Gasteiger partial charge on any atom is -0.504 e. The van der Waals surface area contributed by atoms with Gasteiger partial charge in [-0.3, -0.25) is 9.69 Å². The molecule has 3 aliphatic carbocycles. The summed E-state index contributed by atoms with van der Waals surface area (Å²) in [5, 5.41) is 22.2. The van der Waals surface area contributed by atoms with Crippen LogP contribution in [-0.4, -0.2) is 51.7 Å². The third kappa shape index (κ3) is 1.51. The molecule has 6 rings (SSSR count). The standard InChI is InChI=1S/C20H21NO4/c22-13-4-3-12-9-15-20(24)6-5-14(23)18-19(20,16(12)17(13)25-18)7-8-21(15)10-11-1-2-11/h3-6,11,15,18,22,24H,1-2,7-10H2/t15?,18?,19?,20-/m1/s1. The molecule has 130 valence electrons. The number of nitrogens with zero attached hydrogens (tertiary/aromatic N) is 1. The molecule has 5 heteroatoms. The van der Waals surface area contributed by atoms with Gasteiger partial charge in [0.2, 0.25) is 0 Å². The summed E-state index contributed by atoms with van der Waals surface area (Å²) in [4.78, 5) is 15.0. The molecule has 2 fully saturated rings. The SMILES string of the molecule is O=C1C=C[C@@]2(O)C3Cc4ccc(O)c5c4C2(CCN3CC2CC2)C1O5. The smallest absolute Gasteiger partial charge is 0.196 e. The number of carbonyl (C=O) groups excluding carboxylic acids is 1. The Hall–Kier alpha value is -1.85. The largest absolute Gasteiger partial charge is 0.504 e. The molecule has 2 heterocycles. The number of benzene rings is 1. The van der Waals surface area contributed by atoms with Crippen LogP contribution in [0.3, 0.4) is 0 Å². The Balaban J connectivity index is 1.60. The van der Waals surface area contributed by atoms with Gasteiger partial charge in [-0.2, -0.15) is 0 Å². The lowest BCUT2D eigenvalue weighted by Crippen LogP contribution is -2.75. The molecule has 2 aliphatic heterocycles. The fourth-order valence-corrected chi connectivity index (χ4v) is 5.86. The Bertz CT molecular complexity index is 844. The monoisotopic (exact) mass is 339 g/mol. The van der Waals surface area contributed by atoms with E-state index in [0.29, 0.717) is 12.2 Å². The van der Waals surface area contributed by atoms with E-state index in [1.807, 2.05) is 6.07 Å². The van der Waals surface area contributed by atoms with E-state index in [-0.39, 0.29) is 17.6 Å². The minimum atomic E-state index is -1.12. The van der Waals surface area contributed by atoms with Crippen molar-refractivity contribution in [3.63, 3.8) is 0 Å². The van der Waals surface area contributed by atoms with E-state index in [9.17, 15) is 15.0 Å². The highest BCUT2D eigenvalue weighted by Crippen LogP contribution is 2.63. The molecule has 3 unspecified atom stereocenters. The maximum absolute atomic E-state index is 12.6. The number of ether oxygens (including phenoxy) is 1. The maximum atomic E-state index is 12.6. The van der Waals surface area contributed by atoms with Gasteiger partial charge < -0.3 is 14.9 Å². The number of rotatable bonds is 2. The van der Waals surface area contributed by atoms with E-state index in [4.69, 9.17) is 4.74 Å². The average Bonchev–Trinajstić information content (AvgIpc) is 3.32. The van der Waals surface area contributed by atoms with Crippen LogP contribution in [0.2, 0.25) is 0 Å². The van der Waals surface area contributed by atoms with Crippen molar-refractivity contribution >= 4 is 5.78 Å². The molecule has 1 aromatic carbocycles. The van der Waals surface area contributed by atoms with Crippen molar-refractivity contribution < 1.29 is 19.7 Å². The van der Waals surface area contributed by atoms with E-state index >= 15 is 0 Å². The van der Waals surface area contributed by atoms with Crippen LogP contribution < -0.4 is 4.74 Å². The number of ketones is 1. The predicted octanol–water partition coefficient (Wildman–Crippen LogP) is 1.30. The molecule has 25 heavy (non-hydrogen) atoms. The van der Waals surface area contributed by atoms with Gasteiger partial charge in [0.15, 0.2) is 23.4 Å². The van der Waals surface area contributed by atoms with Crippen molar-refractivity contribution in [2.45, 2.75) is 48.8 Å². The van der Waals surface area contributed by atoms with Gasteiger partial charge >= 0.3 is 0 Å². The fourth-order valence-electron chi connectivity index (χ4n) is 5.86. The normalized spacial score (nSPS) is 40.8. The first-order valence-corrected chi connectivity index (χ1v) is 9.26. The van der Waals surface area contributed by atoms with Crippen molar-refractivity contribution in [3.8, 4) is 11.5 Å². The Labute approximate surface area is 145 Å². The Morgan fingerprint density at radius 3 is 2.96 bits per heavy atom. The van der Waals surface area contributed by atoms with E-state index in [0.717, 1.165) is 36.6 Å². The quantitative estimate of drug-likeness (QED) is 0.850. The van der Waals surface area contributed by atoms with Gasteiger partial charge in [0.25, 0.3) is 0 Å². The van der Waals surface area contributed by atoms with Gasteiger partial charge in [-0.1, -0.05) is 6.07 Å². The molecule has 5 aliphatic rings. The molecule has 1 saturated heterocycles. The van der Waals surface area contributed by atoms with Gasteiger partial charge in [0.1, 0.15) is 5.60 Å². The van der Waals surface area contributed by atoms with Crippen molar-refractivity contribution in [3.05, 3.63) is 35.4 Å². The molecule has 2 N–H and O–H groups in total. The highest BCUT2D eigenvalue weighted by atomic mass is 16.5. The summed E-state index contributed by atoms with van der Waals surface area (Å²) < 4.78 is 5.99. The van der Waals surface area contributed by atoms with Crippen LogP contribution >= 0.6 is 0 Å². The molecule has 5 nitrogen and oxygen atoms in total. The van der Waals surface area contributed by atoms with Crippen LogP contribution in [0, 0.1) is 5.92 Å². The zero-order valence-electron chi connectivity index (χ0n) is 13.9. The molecule has 2 bridgehead atoms. The first-order chi connectivity index (χ1) is 12.0. The van der Waals surface area contributed by atoms with Crippen LogP contribution in [0.4, 0.5) is 0 Å². The molecule has 1 saturated carbocycles. The number of aromatic hydroxyl groups is 1. The molecule has 0 amide bonds. The first-order valence-electron chi connectivity index (χ1n) is 9.26. The lowest BCUT2D eigenvalue weighted by Gasteiger charge is -2.60. The Morgan fingerprint density at radius 2 is 2.16 bits per heavy atom. The number of carbonyl (C=O) groups is 1. The number of phenolic OH excluding ortho intramolecular Hbond substituents is 1. The van der Waals surface area contributed by atoms with E-state index < -0.39 is 17.1 Å². The number of aliphatic hydroxyl groups is 1. The second-order valence-electron chi connectivity index (χ2n) is 8.39. The molecular weight excluding hydrogens is 318 g/mol. The number of hydrogen-bond acceptors (Lipinski definition) is 5. The van der Waals surface area contributed by atoms with Crippen molar-refractivity contribution in [1.29, 1.82) is 0 Å². The Kier molecular flexibility index (Phi) is 2.45. The molecular formula is C20H21NO4. The summed E-state index contributed by atoms with van der Waals surface area (Å²) in [6.07, 6.45) is 6.45. The highest BCUT2D eigenvalue weighted by molar-refractivity contribution is 5.99. The van der Waals surface area contributed by atoms with Gasteiger partial charge in [-0.05, 0) is 61.9 Å². The van der Waals surface area contributed by atoms with Crippen LogP contribution in [0.1, 0.15) is 30.4 Å². The van der Waals surface area contributed by atoms with Gasteiger partial charge in [-0.25, -0.2) is 0 Å². The summed E-state index contributed by atoms with van der Waals surface area (Å²) in [5.74, 6) is 1.12. The summed E-state index contributed by atoms with van der Waals surface area (Å²) in [5.41, 5.74) is 0.101. The fraction of sp³-hybridized carbons (Fsp3) is 0.550. The number of hydrogen-bond donors (Lipinski definition) is 2. The second-order valence-corrected chi connectivity index (χ2v) is 8.39. The van der Waals surface area contributed by atoms with Crippen LogP contribution in [-0.2, 0) is 16.6 Å². The zero-order chi connectivity index (χ0) is 17.0. The summed E-state index contributed by atoms with van der Waals surface area (Å²) >= 11 is 0. The second kappa shape index (κ2) is 4.27. The Morgan fingerprint density at radius 1 is 1.32 bits per heavy atom. The van der Waals surface area contributed by atoms with E-state index in [1.54, 1.807) is 12.1 Å². The molecule has 1 aromatic rings. The first kappa shape index (κ1) is 14.3. The average molecular weight is 339 g/mol. The lowest BCUT2D eigenvalue weighted by molar-refractivity contribution is -0.155. The summed E-state index contributed by atoms with van der Waals surface area (Å²) in [7, 11) is 0. The molecule has 4 atom stereocenters. The molecule has 0 radical (unpaired) electrons. The minimum absolute atomic E-state index is 0.0414. The number of phenols is 1. The number of likely N-dealkylation sites (tertiary alicyclic amines) is 1. The highest BCUT2D eigenvalue weighted by Gasteiger charge is 2.72. The van der Waals surface area contributed by atoms with Crippen LogP contribution in [0.25, 0.3) is 0 Å². The lowest BCUT2D eigenvalue weighted by atomic mass is 9.51.